The molecule has 1 N–H and O–H groups in total. The average Bonchev–Trinajstić information content (AvgIpc) is 3.19. The minimum atomic E-state index is -0.383. The number of aryl methyl sites for hydroxylation is 1. The summed E-state index contributed by atoms with van der Waals surface area (Å²) in [5.41, 5.74) is 2.13. The fourth-order valence-corrected chi connectivity index (χ4v) is 2.40. The molecular formula is C16H16ClN5O2. The maximum Gasteiger partial charge on any atom is 0.316 e. The normalized spacial score (nSPS) is 10.8. The first-order valence-corrected chi connectivity index (χ1v) is 7.91. The van der Waals surface area contributed by atoms with Crippen molar-refractivity contribution in [2.45, 2.75) is 20.3 Å². The van der Waals surface area contributed by atoms with Crippen LogP contribution in [0.15, 0.2) is 35.0 Å². The molecule has 1 aromatic carbocycles. The number of hydrogen-bond acceptors (Lipinski definition) is 5. The summed E-state index contributed by atoms with van der Waals surface area (Å²) < 4.78 is 6.69. The van der Waals surface area contributed by atoms with E-state index in [1.807, 2.05) is 32.0 Å². The SMILES string of the molecule is CCCNC(=O)c1nc(-c2cn(-c3ccccc3Cl)nc2C)no1. The van der Waals surface area contributed by atoms with E-state index in [2.05, 4.69) is 20.6 Å². The second kappa shape index (κ2) is 6.84. The molecule has 8 heteroatoms. The molecular weight excluding hydrogens is 330 g/mol. The van der Waals surface area contributed by atoms with E-state index in [1.54, 1.807) is 16.9 Å². The molecule has 3 rings (SSSR count). The van der Waals surface area contributed by atoms with Crippen LogP contribution in [0.1, 0.15) is 29.7 Å². The first kappa shape index (κ1) is 16.2. The molecule has 2 heterocycles. The summed E-state index contributed by atoms with van der Waals surface area (Å²) in [6.07, 6.45) is 2.59. The van der Waals surface area contributed by atoms with Gasteiger partial charge in [0.15, 0.2) is 0 Å². The third kappa shape index (κ3) is 3.16. The van der Waals surface area contributed by atoms with Gasteiger partial charge in [0, 0.05) is 12.7 Å². The summed E-state index contributed by atoms with van der Waals surface area (Å²) in [5.74, 6) is -0.137. The van der Waals surface area contributed by atoms with Crippen molar-refractivity contribution in [1.29, 1.82) is 0 Å². The van der Waals surface area contributed by atoms with Gasteiger partial charge >= 0.3 is 11.8 Å². The Bertz CT molecular complexity index is 871. The lowest BCUT2D eigenvalue weighted by Crippen LogP contribution is -2.24. The molecule has 0 unspecified atom stereocenters. The Hall–Kier alpha value is -2.67. The maximum absolute atomic E-state index is 11.9. The zero-order chi connectivity index (χ0) is 17.1. The second-order valence-electron chi connectivity index (χ2n) is 5.20. The Kier molecular flexibility index (Phi) is 4.61. The van der Waals surface area contributed by atoms with Crippen LogP contribution < -0.4 is 5.32 Å². The predicted octanol–water partition coefficient (Wildman–Crippen LogP) is 3.02. The van der Waals surface area contributed by atoms with Crippen LogP contribution in [0, 0.1) is 6.92 Å². The van der Waals surface area contributed by atoms with Crippen molar-refractivity contribution in [3.63, 3.8) is 0 Å². The highest BCUT2D eigenvalue weighted by Crippen LogP contribution is 2.24. The molecule has 0 aliphatic carbocycles. The number of nitrogens with zero attached hydrogens (tertiary/aromatic N) is 4. The van der Waals surface area contributed by atoms with Crippen LogP contribution in [-0.2, 0) is 0 Å². The molecule has 3 aromatic rings. The van der Waals surface area contributed by atoms with Gasteiger partial charge in [-0.2, -0.15) is 10.1 Å². The van der Waals surface area contributed by atoms with Crippen LogP contribution in [0.3, 0.4) is 0 Å². The molecule has 7 nitrogen and oxygen atoms in total. The largest absolute Gasteiger partial charge is 0.348 e. The Balaban J connectivity index is 1.90. The number of nitrogens with one attached hydrogen (secondary N) is 1. The molecule has 0 fully saturated rings. The number of rotatable bonds is 5. The zero-order valence-corrected chi connectivity index (χ0v) is 14.0. The van der Waals surface area contributed by atoms with Crippen molar-refractivity contribution in [2.75, 3.05) is 6.54 Å². The molecule has 0 atom stereocenters. The Morgan fingerprint density at radius 2 is 2.17 bits per heavy atom. The lowest BCUT2D eigenvalue weighted by Gasteiger charge is -2.02. The van der Waals surface area contributed by atoms with Gasteiger partial charge in [-0.3, -0.25) is 4.79 Å². The molecule has 0 saturated carbocycles. The number of hydrogen-bond donors (Lipinski definition) is 1. The summed E-state index contributed by atoms with van der Waals surface area (Å²) in [6.45, 7) is 4.35. The fraction of sp³-hybridized carbons (Fsp3) is 0.250. The molecule has 2 aromatic heterocycles. The van der Waals surface area contributed by atoms with Crippen molar-refractivity contribution < 1.29 is 9.32 Å². The first-order valence-electron chi connectivity index (χ1n) is 7.53. The predicted molar refractivity (Wildman–Crippen MR) is 89.2 cm³/mol. The number of halogens is 1. The number of amides is 1. The fourth-order valence-electron chi connectivity index (χ4n) is 2.18. The van der Waals surface area contributed by atoms with E-state index in [1.165, 1.54) is 0 Å². The van der Waals surface area contributed by atoms with E-state index in [-0.39, 0.29) is 11.8 Å². The van der Waals surface area contributed by atoms with Crippen molar-refractivity contribution in [3.8, 4) is 17.1 Å². The summed E-state index contributed by atoms with van der Waals surface area (Å²) in [4.78, 5) is 16.0. The number of benzene rings is 1. The average molecular weight is 346 g/mol. The van der Waals surface area contributed by atoms with Gasteiger partial charge in [-0.15, -0.1) is 0 Å². The van der Waals surface area contributed by atoms with E-state index < -0.39 is 0 Å². The van der Waals surface area contributed by atoms with E-state index in [4.69, 9.17) is 16.1 Å². The maximum atomic E-state index is 11.9. The molecule has 0 spiro atoms. The van der Waals surface area contributed by atoms with E-state index in [0.717, 1.165) is 12.1 Å². The van der Waals surface area contributed by atoms with E-state index in [0.29, 0.717) is 28.6 Å². The Labute approximate surface area is 143 Å². The van der Waals surface area contributed by atoms with Crippen molar-refractivity contribution in [3.05, 3.63) is 47.1 Å². The van der Waals surface area contributed by atoms with E-state index >= 15 is 0 Å². The van der Waals surface area contributed by atoms with Gasteiger partial charge in [-0.05, 0) is 25.5 Å². The van der Waals surface area contributed by atoms with Gasteiger partial charge in [0.2, 0.25) is 5.82 Å². The zero-order valence-electron chi connectivity index (χ0n) is 13.3. The van der Waals surface area contributed by atoms with Crippen LogP contribution in [0.25, 0.3) is 17.1 Å². The van der Waals surface area contributed by atoms with Gasteiger partial charge in [0.25, 0.3) is 0 Å². The minimum absolute atomic E-state index is 0.0663. The van der Waals surface area contributed by atoms with E-state index in [9.17, 15) is 4.79 Å². The highest BCUT2D eigenvalue weighted by Gasteiger charge is 2.19. The summed E-state index contributed by atoms with van der Waals surface area (Å²) in [7, 11) is 0. The molecule has 0 radical (unpaired) electrons. The molecule has 0 aliphatic rings. The van der Waals surface area contributed by atoms with Crippen molar-refractivity contribution in [2.24, 2.45) is 0 Å². The van der Waals surface area contributed by atoms with Gasteiger partial charge in [-0.1, -0.05) is 35.8 Å². The third-order valence-electron chi connectivity index (χ3n) is 3.39. The highest BCUT2D eigenvalue weighted by atomic mass is 35.5. The number of carbonyl (C=O) groups is 1. The smallest absolute Gasteiger partial charge is 0.316 e. The topological polar surface area (TPSA) is 85.8 Å². The van der Waals surface area contributed by atoms with Gasteiger partial charge in [0.05, 0.1) is 22.0 Å². The molecule has 24 heavy (non-hydrogen) atoms. The second-order valence-corrected chi connectivity index (χ2v) is 5.61. The monoisotopic (exact) mass is 345 g/mol. The first-order chi connectivity index (χ1) is 11.6. The van der Waals surface area contributed by atoms with Crippen LogP contribution in [0.4, 0.5) is 0 Å². The summed E-state index contributed by atoms with van der Waals surface area (Å²) >= 11 is 6.20. The van der Waals surface area contributed by atoms with Crippen LogP contribution in [-0.4, -0.2) is 32.4 Å². The third-order valence-corrected chi connectivity index (χ3v) is 3.71. The molecule has 0 saturated heterocycles. The van der Waals surface area contributed by atoms with Gasteiger partial charge < -0.3 is 9.84 Å². The molecule has 0 bridgehead atoms. The Morgan fingerprint density at radius 1 is 1.38 bits per heavy atom. The molecule has 124 valence electrons. The minimum Gasteiger partial charge on any atom is -0.348 e. The number of aromatic nitrogens is 4. The van der Waals surface area contributed by atoms with Crippen molar-refractivity contribution in [1.82, 2.24) is 25.2 Å². The van der Waals surface area contributed by atoms with Gasteiger partial charge in [-0.25, -0.2) is 4.68 Å². The van der Waals surface area contributed by atoms with Crippen molar-refractivity contribution >= 4 is 17.5 Å². The van der Waals surface area contributed by atoms with Crippen LogP contribution >= 0.6 is 11.6 Å². The molecule has 1 amide bonds. The Morgan fingerprint density at radius 3 is 2.92 bits per heavy atom. The highest BCUT2D eigenvalue weighted by molar-refractivity contribution is 6.32. The van der Waals surface area contributed by atoms with Crippen LogP contribution in [0.5, 0.6) is 0 Å². The lowest BCUT2D eigenvalue weighted by molar-refractivity contribution is 0.0910. The number of para-hydroxylation sites is 1. The lowest BCUT2D eigenvalue weighted by atomic mass is 10.2. The summed E-state index contributed by atoms with van der Waals surface area (Å²) in [6, 6.07) is 7.38. The molecule has 0 aliphatic heterocycles. The van der Waals surface area contributed by atoms with Crippen LogP contribution in [0.2, 0.25) is 5.02 Å². The number of carbonyl (C=O) groups excluding carboxylic acids is 1. The standard InChI is InChI=1S/C16H16ClN5O2/c1-3-8-18-15(23)16-19-14(21-24-16)11-9-22(20-10(11)2)13-7-5-4-6-12(13)17/h4-7,9H,3,8H2,1-2H3,(H,18,23). The quantitative estimate of drug-likeness (QED) is 0.768. The summed E-state index contributed by atoms with van der Waals surface area (Å²) in [5, 5.41) is 11.6. The van der Waals surface area contributed by atoms with Gasteiger partial charge in [0.1, 0.15) is 0 Å².